The van der Waals surface area contributed by atoms with E-state index in [0.29, 0.717) is 0 Å². The van der Waals surface area contributed by atoms with Crippen molar-refractivity contribution in [1.82, 2.24) is 0 Å². The Balaban J connectivity index is 1.46. The number of ether oxygens (including phenoxy) is 1. The first-order chi connectivity index (χ1) is 19.8. The van der Waals surface area contributed by atoms with Crippen LogP contribution in [0.3, 0.4) is 0 Å². The molecule has 0 aliphatic rings. The third-order valence-electron chi connectivity index (χ3n) is 7.79. The lowest BCUT2D eigenvalue weighted by molar-refractivity contribution is 0.415. The molecule has 0 radical (unpaired) electrons. The minimum atomic E-state index is 0.857. The Bertz CT molecular complexity index is 1940. The molecule has 0 fully saturated rings. The van der Waals surface area contributed by atoms with Gasteiger partial charge < -0.3 is 4.74 Å². The fourth-order valence-electron chi connectivity index (χ4n) is 5.83. The minimum Gasteiger partial charge on any atom is -0.497 e. The molecule has 0 amide bonds. The van der Waals surface area contributed by atoms with Gasteiger partial charge in [-0.25, -0.2) is 0 Å². The Morgan fingerprint density at radius 3 is 1.18 bits per heavy atom. The summed E-state index contributed by atoms with van der Waals surface area (Å²) in [5.74, 6) is 0.857. The van der Waals surface area contributed by atoms with Crippen molar-refractivity contribution >= 4 is 21.5 Å². The standard InChI is InChI=1S/C39H28O/c1-40-33-24-25-36-37(26-33)39(32-22-18-30(19-23-32)28-12-6-3-7-13-28)35-15-9-8-14-34(35)38(36)31-20-16-29(17-21-31)27-10-4-2-5-11-27/h2-26H,1H3. The highest BCUT2D eigenvalue weighted by Crippen LogP contribution is 2.45. The Hall–Kier alpha value is -5.14. The SMILES string of the molecule is COc1ccc2c(-c3ccc(-c4ccccc4)cc3)c3ccccc3c(-c3ccc(-c4ccccc4)cc3)c2c1. The van der Waals surface area contributed by atoms with Crippen LogP contribution < -0.4 is 4.74 Å². The molecule has 0 bridgehead atoms. The second kappa shape index (κ2) is 10.2. The van der Waals surface area contributed by atoms with Gasteiger partial charge in [0.25, 0.3) is 0 Å². The lowest BCUT2D eigenvalue weighted by atomic mass is 9.85. The van der Waals surface area contributed by atoms with E-state index in [0.717, 1.165) is 5.75 Å². The summed E-state index contributed by atoms with van der Waals surface area (Å²) in [5.41, 5.74) is 9.76. The fraction of sp³-hybridized carbons (Fsp3) is 0.0256. The van der Waals surface area contributed by atoms with Crippen LogP contribution in [0.4, 0.5) is 0 Å². The van der Waals surface area contributed by atoms with E-state index < -0.39 is 0 Å². The molecule has 1 nitrogen and oxygen atoms in total. The second-order valence-corrected chi connectivity index (χ2v) is 10.1. The van der Waals surface area contributed by atoms with Gasteiger partial charge in [0, 0.05) is 0 Å². The summed E-state index contributed by atoms with van der Waals surface area (Å²) in [6.45, 7) is 0. The van der Waals surface area contributed by atoms with Crippen molar-refractivity contribution in [3.05, 3.63) is 152 Å². The van der Waals surface area contributed by atoms with Crippen LogP contribution in [-0.2, 0) is 0 Å². The molecule has 7 aromatic carbocycles. The number of methoxy groups -OCH3 is 1. The molecule has 0 aliphatic heterocycles. The second-order valence-electron chi connectivity index (χ2n) is 10.1. The van der Waals surface area contributed by atoms with Crippen molar-refractivity contribution in [2.75, 3.05) is 7.11 Å². The number of hydrogen-bond acceptors (Lipinski definition) is 1. The molecule has 0 aliphatic carbocycles. The largest absolute Gasteiger partial charge is 0.497 e. The summed E-state index contributed by atoms with van der Waals surface area (Å²) in [7, 11) is 1.74. The highest BCUT2D eigenvalue weighted by atomic mass is 16.5. The van der Waals surface area contributed by atoms with E-state index in [4.69, 9.17) is 4.74 Å². The maximum Gasteiger partial charge on any atom is 0.119 e. The molecule has 1 heteroatoms. The molecule has 190 valence electrons. The molecule has 40 heavy (non-hydrogen) atoms. The quantitative estimate of drug-likeness (QED) is 0.208. The van der Waals surface area contributed by atoms with E-state index in [-0.39, 0.29) is 0 Å². The average molecular weight is 513 g/mol. The highest BCUT2D eigenvalue weighted by molar-refractivity contribution is 6.21. The van der Waals surface area contributed by atoms with Crippen LogP contribution in [0.15, 0.2) is 152 Å². The normalized spacial score (nSPS) is 11.1. The van der Waals surface area contributed by atoms with Gasteiger partial charge in [0.05, 0.1) is 7.11 Å². The maximum atomic E-state index is 5.71. The topological polar surface area (TPSA) is 9.23 Å². The van der Waals surface area contributed by atoms with Crippen molar-refractivity contribution in [2.45, 2.75) is 0 Å². The summed E-state index contributed by atoms with van der Waals surface area (Å²) < 4.78 is 5.71. The van der Waals surface area contributed by atoms with E-state index in [1.807, 2.05) is 0 Å². The summed E-state index contributed by atoms with van der Waals surface area (Å²) in [4.78, 5) is 0. The summed E-state index contributed by atoms with van der Waals surface area (Å²) in [6.07, 6.45) is 0. The first-order valence-electron chi connectivity index (χ1n) is 13.6. The van der Waals surface area contributed by atoms with Crippen molar-refractivity contribution in [2.24, 2.45) is 0 Å². The molecule has 0 saturated carbocycles. The molecule has 0 N–H and O–H groups in total. The molecule has 0 atom stereocenters. The predicted octanol–water partition coefficient (Wildman–Crippen LogP) is 10.7. The Labute approximate surface area is 235 Å². The Morgan fingerprint density at radius 1 is 0.325 bits per heavy atom. The lowest BCUT2D eigenvalue weighted by Gasteiger charge is -2.19. The van der Waals surface area contributed by atoms with Crippen molar-refractivity contribution < 1.29 is 4.74 Å². The summed E-state index contributed by atoms with van der Waals surface area (Å²) in [6, 6.07) is 54.2. The van der Waals surface area contributed by atoms with Crippen LogP contribution in [0.25, 0.3) is 66.1 Å². The van der Waals surface area contributed by atoms with Gasteiger partial charge in [-0.05, 0) is 78.2 Å². The van der Waals surface area contributed by atoms with Gasteiger partial charge in [0.15, 0.2) is 0 Å². The first-order valence-corrected chi connectivity index (χ1v) is 13.6. The summed E-state index contributed by atoms with van der Waals surface area (Å²) >= 11 is 0. The molecule has 0 aromatic heterocycles. The van der Waals surface area contributed by atoms with Crippen LogP contribution >= 0.6 is 0 Å². The summed E-state index contributed by atoms with van der Waals surface area (Å²) in [5, 5.41) is 4.88. The zero-order chi connectivity index (χ0) is 26.9. The monoisotopic (exact) mass is 512 g/mol. The zero-order valence-electron chi connectivity index (χ0n) is 22.3. The fourth-order valence-corrected chi connectivity index (χ4v) is 5.83. The average Bonchev–Trinajstić information content (AvgIpc) is 3.04. The molecular formula is C39H28O. The van der Waals surface area contributed by atoms with Crippen LogP contribution in [0, 0.1) is 0 Å². The number of benzene rings is 7. The van der Waals surface area contributed by atoms with Crippen molar-refractivity contribution in [3.63, 3.8) is 0 Å². The molecule has 0 unspecified atom stereocenters. The van der Waals surface area contributed by atoms with Gasteiger partial charge >= 0.3 is 0 Å². The predicted molar refractivity (Wildman–Crippen MR) is 170 cm³/mol. The van der Waals surface area contributed by atoms with Gasteiger partial charge in [-0.2, -0.15) is 0 Å². The van der Waals surface area contributed by atoms with Crippen molar-refractivity contribution in [1.29, 1.82) is 0 Å². The third kappa shape index (κ3) is 4.22. The molecule has 0 heterocycles. The third-order valence-corrected chi connectivity index (χ3v) is 7.79. The lowest BCUT2D eigenvalue weighted by Crippen LogP contribution is -1.92. The minimum absolute atomic E-state index is 0.857. The van der Waals surface area contributed by atoms with Crippen LogP contribution in [-0.4, -0.2) is 7.11 Å². The number of hydrogen-bond donors (Lipinski definition) is 0. The zero-order valence-corrected chi connectivity index (χ0v) is 22.3. The van der Waals surface area contributed by atoms with Crippen molar-refractivity contribution in [3.8, 4) is 50.3 Å². The Morgan fingerprint density at radius 2 is 0.700 bits per heavy atom. The van der Waals surface area contributed by atoms with Gasteiger partial charge in [0.1, 0.15) is 5.75 Å². The van der Waals surface area contributed by atoms with Gasteiger partial charge in [-0.1, -0.05) is 140 Å². The van der Waals surface area contributed by atoms with E-state index >= 15 is 0 Å². The molecule has 0 saturated heterocycles. The van der Waals surface area contributed by atoms with E-state index in [1.54, 1.807) is 7.11 Å². The van der Waals surface area contributed by atoms with Gasteiger partial charge in [0.2, 0.25) is 0 Å². The van der Waals surface area contributed by atoms with E-state index in [9.17, 15) is 0 Å². The number of rotatable bonds is 5. The molecular weight excluding hydrogens is 484 g/mol. The van der Waals surface area contributed by atoms with Gasteiger partial charge in [-0.3, -0.25) is 0 Å². The maximum absolute atomic E-state index is 5.71. The number of fused-ring (bicyclic) bond motifs is 2. The van der Waals surface area contributed by atoms with Crippen LogP contribution in [0.2, 0.25) is 0 Å². The van der Waals surface area contributed by atoms with E-state index in [1.165, 1.54) is 66.1 Å². The molecule has 7 aromatic rings. The van der Waals surface area contributed by atoms with Crippen LogP contribution in [0.5, 0.6) is 5.75 Å². The van der Waals surface area contributed by atoms with Crippen LogP contribution in [0.1, 0.15) is 0 Å². The first kappa shape index (κ1) is 23.9. The molecule has 0 spiro atoms. The Kier molecular flexibility index (Phi) is 6.11. The molecule has 7 rings (SSSR count). The van der Waals surface area contributed by atoms with E-state index in [2.05, 4.69) is 152 Å². The van der Waals surface area contributed by atoms with Gasteiger partial charge in [-0.15, -0.1) is 0 Å². The highest BCUT2D eigenvalue weighted by Gasteiger charge is 2.17. The smallest absolute Gasteiger partial charge is 0.119 e.